The molecule has 0 aromatic rings. The normalized spacial score (nSPS) is 17.4. The van der Waals surface area contributed by atoms with Crippen LogP contribution in [0.15, 0.2) is 0 Å². The van der Waals surface area contributed by atoms with E-state index in [4.69, 9.17) is 10.5 Å². The molecular weight excluding hydrogens is 204 g/mol. The van der Waals surface area contributed by atoms with Crippen molar-refractivity contribution in [2.75, 3.05) is 32.8 Å². The van der Waals surface area contributed by atoms with Gasteiger partial charge in [-0.1, -0.05) is 6.92 Å². The molecule has 0 saturated heterocycles. The van der Waals surface area contributed by atoms with Crippen molar-refractivity contribution in [2.45, 2.75) is 45.8 Å². The predicted molar refractivity (Wildman–Crippen MR) is 67.5 cm³/mol. The minimum atomic E-state index is -0.765. The molecule has 0 saturated carbocycles. The summed E-state index contributed by atoms with van der Waals surface area (Å²) in [5, 5.41) is 9.93. The van der Waals surface area contributed by atoms with Crippen LogP contribution in [0.3, 0.4) is 0 Å². The Morgan fingerprint density at radius 1 is 1.44 bits per heavy atom. The molecule has 4 heteroatoms. The number of hydrogen-bond acceptors (Lipinski definition) is 4. The lowest BCUT2D eigenvalue weighted by Gasteiger charge is -2.33. The molecule has 0 aliphatic rings. The van der Waals surface area contributed by atoms with Crippen molar-refractivity contribution in [1.29, 1.82) is 0 Å². The van der Waals surface area contributed by atoms with Crippen LogP contribution in [-0.4, -0.2) is 54.5 Å². The molecule has 0 aromatic carbocycles. The molecule has 2 unspecified atom stereocenters. The molecule has 98 valence electrons. The Kier molecular flexibility index (Phi) is 7.93. The van der Waals surface area contributed by atoms with Crippen LogP contribution >= 0.6 is 0 Å². The van der Waals surface area contributed by atoms with E-state index in [1.165, 1.54) is 0 Å². The fraction of sp³-hybridized carbons (Fsp3) is 1.00. The van der Waals surface area contributed by atoms with Crippen molar-refractivity contribution in [3.05, 3.63) is 0 Å². The summed E-state index contributed by atoms with van der Waals surface area (Å²) < 4.78 is 5.34. The molecule has 0 aliphatic carbocycles. The molecule has 3 N–H and O–H groups in total. The third kappa shape index (κ3) is 6.43. The summed E-state index contributed by atoms with van der Waals surface area (Å²) in [5.41, 5.74) is 4.76. The van der Waals surface area contributed by atoms with Crippen molar-refractivity contribution in [3.63, 3.8) is 0 Å². The molecule has 0 rings (SSSR count). The first-order valence-corrected chi connectivity index (χ1v) is 6.21. The minimum absolute atomic E-state index is 0.306. The summed E-state index contributed by atoms with van der Waals surface area (Å²) in [6, 6.07) is 0.323. The lowest BCUT2D eigenvalue weighted by atomic mass is 9.97. The maximum atomic E-state index is 9.93. The van der Waals surface area contributed by atoms with Gasteiger partial charge in [-0.3, -0.25) is 4.90 Å². The fourth-order valence-electron chi connectivity index (χ4n) is 1.87. The Morgan fingerprint density at radius 2 is 2.06 bits per heavy atom. The lowest BCUT2D eigenvalue weighted by Crippen LogP contribution is -2.44. The van der Waals surface area contributed by atoms with Gasteiger partial charge in [-0.25, -0.2) is 0 Å². The van der Waals surface area contributed by atoms with Crippen LogP contribution in [0.1, 0.15) is 34.1 Å². The highest BCUT2D eigenvalue weighted by Crippen LogP contribution is 2.14. The number of ether oxygens (including phenoxy) is 1. The van der Waals surface area contributed by atoms with Crippen molar-refractivity contribution in [3.8, 4) is 0 Å². The van der Waals surface area contributed by atoms with Gasteiger partial charge in [-0.15, -0.1) is 0 Å². The molecular formula is C12H28N2O2. The van der Waals surface area contributed by atoms with Crippen molar-refractivity contribution < 1.29 is 9.84 Å². The topological polar surface area (TPSA) is 58.7 Å². The average Bonchev–Trinajstić information content (AvgIpc) is 2.23. The summed E-state index contributed by atoms with van der Waals surface area (Å²) in [6.45, 7) is 11.7. The van der Waals surface area contributed by atoms with Crippen LogP contribution in [0.5, 0.6) is 0 Å². The van der Waals surface area contributed by atoms with Gasteiger partial charge in [0.25, 0.3) is 0 Å². The maximum absolute atomic E-state index is 9.93. The Balaban J connectivity index is 4.04. The molecule has 0 spiro atoms. The van der Waals surface area contributed by atoms with Crippen molar-refractivity contribution in [1.82, 2.24) is 4.90 Å². The van der Waals surface area contributed by atoms with Gasteiger partial charge in [0.15, 0.2) is 0 Å². The van der Waals surface area contributed by atoms with Gasteiger partial charge in [-0.05, 0) is 33.7 Å². The van der Waals surface area contributed by atoms with Crippen LogP contribution in [0.25, 0.3) is 0 Å². The molecule has 2 atom stereocenters. The second-order valence-corrected chi connectivity index (χ2v) is 4.58. The van der Waals surface area contributed by atoms with Gasteiger partial charge >= 0.3 is 0 Å². The molecule has 0 heterocycles. The molecule has 0 bridgehead atoms. The summed E-state index contributed by atoms with van der Waals surface area (Å²) in [5.74, 6) is 0. The van der Waals surface area contributed by atoms with E-state index in [9.17, 15) is 5.11 Å². The zero-order valence-corrected chi connectivity index (χ0v) is 11.2. The van der Waals surface area contributed by atoms with Crippen LogP contribution in [0.4, 0.5) is 0 Å². The largest absolute Gasteiger partial charge is 0.389 e. The standard InChI is InChI=1S/C12H28N2O2/c1-5-14(7-8-16-6-2)11(3)9-12(4,15)10-13/h11,15H,5-10,13H2,1-4H3. The van der Waals surface area contributed by atoms with Crippen LogP contribution in [0, 0.1) is 0 Å². The average molecular weight is 232 g/mol. The minimum Gasteiger partial charge on any atom is -0.389 e. The van der Waals surface area contributed by atoms with Crippen LogP contribution in [-0.2, 0) is 4.74 Å². The molecule has 0 aromatic heterocycles. The van der Waals surface area contributed by atoms with Gasteiger partial charge in [0.2, 0.25) is 0 Å². The van der Waals surface area contributed by atoms with Gasteiger partial charge in [0, 0.05) is 25.7 Å². The number of likely N-dealkylation sites (N-methyl/N-ethyl adjacent to an activating group) is 1. The number of hydrogen-bond donors (Lipinski definition) is 2. The zero-order chi connectivity index (χ0) is 12.6. The quantitative estimate of drug-likeness (QED) is 0.578. The second-order valence-electron chi connectivity index (χ2n) is 4.58. The summed E-state index contributed by atoms with van der Waals surface area (Å²) in [6.07, 6.45) is 0.698. The number of nitrogens with zero attached hydrogens (tertiary/aromatic N) is 1. The van der Waals surface area contributed by atoms with E-state index in [1.54, 1.807) is 6.92 Å². The fourth-order valence-corrected chi connectivity index (χ4v) is 1.87. The smallest absolute Gasteiger partial charge is 0.0756 e. The first-order valence-electron chi connectivity index (χ1n) is 6.21. The monoisotopic (exact) mass is 232 g/mol. The molecule has 4 nitrogen and oxygen atoms in total. The Hall–Kier alpha value is -0.160. The summed E-state index contributed by atoms with van der Waals surface area (Å²) in [7, 11) is 0. The molecule has 0 radical (unpaired) electrons. The van der Waals surface area contributed by atoms with Gasteiger partial charge in [-0.2, -0.15) is 0 Å². The molecule has 16 heavy (non-hydrogen) atoms. The highest BCUT2D eigenvalue weighted by molar-refractivity contribution is 4.80. The molecule has 0 amide bonds. The molecule has 0 aliphatic heterocycles. The predicted octanol–water partition coefficient (Wildman–Crippen LogP) is 0.833. The summed E-state index contributed by atoms with van der Waals surface area (Å²) in [4.78, 5) is 2.31. The summed E-state index contributed by atoms with van der Waals surface area (Å²) >= 11 is 0. The van der Waals surface area contributed by atoms with E-state index in [0.29, 0.717) is 19.0 Å². The third-order valence-electron chi connectivity index (χ3n) is 2.93. The Bertz CT molecular complexity index is 174. The number of rotatable bonds is 9. The zero-order valence-electron chi connectivity index (χ0n) is 11.2. The number of nitrogens with two attached hydrogens (primary N) is 1. The highest BCUT2D eigenvalue weighted by atomic mass is 16.5. The SMILES string of the molecule is CCOCCN(CC)C(C)CC(C)(O)CN. The van der Waals surface area contributed by atoms with Crippen LogP contribution < -0.4 is 5.73 Å². The van der Waals surface area contributed by atoms with Gasteiger partial charge in [0.1, 0.15) is 0 Å². The van der Waals surface area contributed by atoms with E-state index in [0.717, 1.165) is 26.3 Å². The Morgan fingerprint density at radius 3 is 2.50 bits per heavy atom. The Labute approximate surface area is 99.8 Å². The first-order chi connectivity index (χ1) is 7.46. The van der Waals surface area contributed by atoms with Gasteiger partial charge in [0.05, 0.1) is 12.2 Å². The third-order valence-corrected chi connectivity index (χ3v) is 2.93. The van der Waals surface area contributed by atoms with Crippen molar-refractivity contribution >= 4 is 0 Å². The first kappa shape index (κ1) is 15.8. The van der Waals surface area contributed by atoms with E-state index in [2.05, 4.69) is 18.7 Å². The molecule has 0 fully saturated rings. The lowest BCUT2D eigenvalue weighted by molar-refractivity contribution is 0.0221. The van der Waals surface area contributed by atoms with E-state index >= 15 is 0 Å². The van der Waals surface area contributed by atoms with E-state index < -0.39 is 5.60 Å². The van der Waals surface area contributed by atoms with E-state index in [-0.39, 0.29) is 0 Å². The van der Waals surface area contributed by atoms with Crippen LogP contribution in [0.2, 0.25) is 0 Å². The van der Waals surface area contributed by atoms with Gasteiger partial charge < -0.3 is 15.6 Å². The second kappa shape index (κ2) is 8.01. The number of aliphatic hydroxyl groups is 1. The highest BCUT2D eigenvalue weighted by Gasteiger charge is 2.24. The maximum Gasteiger partial charge on any atom is 0.0756 e. The van der Waals surface area contributed by atoms with E-state index in [1.807, 2.05) is 6.92 Å². The van der Waals surface area contributed by atoms with Crippen molar-refractivity contribution in [2.24, 2.45) is 5.73 Å².